The summed E-state index contributed by atoms with van der Waals surface area (Å²) in [4.78, 5) is 9.33. The van der Waals surface area contributed by atoms with E-state index >= 15 is 0 Å². The second-order valence-corrected chi connectivity index (χ2v) is 7.15. The van der Waals surface area contributed by atoms with Gasteiger partial charge in [-0.15, -0.1) is 0 Å². The third kappa shape index (κ3) is 2.17. The number of nitrogens with zero attached hydrogens (tertiary/aromatic N) is 2. The van der Waals surface area contributed by atoms with Gasteiger partial charge in [-0.25, -0.2) is 0 Å². The smallest absolute Gasteiger partial charge is 0.128 e. The first-order chi connectivity index (χ1) is 10.5. The van der Waals surface area contributed by atoms with E-state index < -0.39 is 0 Å². The molecular weight excluding hydrogens is 338 g/mol. The summed E-state index contributed by atoms with van der Waals surface area (Å²) in [6.45, 7) is 6.49. The molecule has 1 aromatic heterocycles. The number of aryl methyl sites for hydroxylation is 1. The molecule has 2 aliphatic rings. The minimum Gasteiger partial charge on any atom is -0.340 e. The predicted molar refractivity (Wildman–Crippen MR) is 95.5 cm³/mol. The maximum atomic E-state index is 4.85. The van der Waals surface area contributed by atoms with Gasteiger partial charge in [-0.1, -0.05) is 21.5 Å². The summed E-state index contributed by atoms with van der Waals surface area (Å²) in [7, 11) is 0. The lowest BCUT2D eigenvalue weighted by atomic mass is 10.0. The normalized spacial score (nSPS) is 23.4. The molecule has 1 aromatic carbocycles. The molecule has 4 heteroatoms. The monoisotopic (exact) mass is 355 g/mol. The van der Waals surface area contributed by atoms with Crippen LogP contribution in [0.3, 0.4) is 0 Å². The van der Waals surface area contributed by atoms with Crippen molar-refractivity contribution >= 4 is 38.4 Å². The van der Waals surface area contributed by atoms with Gasteiger partial charge in [-0.2, -0.15) is 0 Å². The molecule has 22 heavy (non-hydrogen) atoms. The van der Waals surface area contributed by atoms with Gasteiger partial charge in [0.1, 0.15) is 5.84 Å². The first-order valence-electron chi connectivity index (χ1n) is 7.62. The van der Waals surface area contributed by atoms with Gasteiger partial charge < -0.3 is 5.32 Å². The van der Waals surface area contributed by atoms with E-state index in [1.165, 1.54) is 23.1 Å². The summed E-state index contributed by atoms with van der Waals surface area (Å²) >= 11 is 3.62. The number of anilines is 1. The zero-order valence-electron chi connectivity index (χ0n) is 12.9. The number of pyridine rings is 1. The van der Waals surface area contributed by atoms with E-state index in [0.29, 0.717) is 12.0 Å². The van der Waals surface area contributed by atoms with E-state index in [0.717, 1.165) is 26.9 Å². The molecule has 0 spiro atoms. The molecule has 1 N–H and O–H groups in total. The Bertz CT molecular complexity index is 851. The number of dihydropyridines is 1. The summed E-state index contributed by atoms with van der Waals surface area (Å²) < 4.78 is 1.10. The van der Waals surface area contributed by atoms with E-state index in [1.54, 1.807) is 0 Å². The van der Waals surface area contributed by atoms with Crippen molar-refractivity contribution in [1.29, 1.82) is 0 Å². The molecule has 2 atom stereocenters. The molecule has 0 radical (unpaired) electrons. The maximum Gasteiger partial charge on any atom is 0.128 e. The molecule has 112 valence electrons. The average Bonchev–Trinajstić information content (AvgIpc) is 3.26. The van der Waals surface area contributed by atoms with Crippen LogP contribution in [0.1, 0.15) is 25.8 Å². The topological polar surface area (TPSA) is 37.3 Å². The zero-order valence-corrected chi connectivity index (χ0v) is 14.5. The van der Waals surface area contributed by atoms with Gasteiger partial charge in [-0.3, -0.25) is 9.98 Å². The molecule has 0 bridgehead atoms. The number of amidine groups is 1. The van der Waals surface area contributed by atoms with Crippen molar-refractivity contribution in [2.75, 3.05) is 5.32 Å². The van der Waals surface area contributed by atoms with Gasteiger partial charge in [0.15, 0.2) is 0 Å². The Hall–Kier alpha value is -1.68. The van der Waals surface area contributed by atoms with Gasteiger partial charge in [0.05, 0.1) is 17.2 Å². The number of hydrogen-bond acceptors (Lipinski definition) is 3. The van der Waals surface area contributed by atoms with Crippen molar-refractivity contribution in [2.45, 2.75) is 33.2 Å². The Morgan fingerprint density at radius 2 is 2.05 bits per heavy atom. The van der Waals surface area contributed by atoms with Crippen LogP contribution in [0.4, 0.5) is 5.69 Å². The SMILES string of the molecule is CC1=C(C)C2CC2N=C1Nc1ccnc2cc(C)c(Br)cc12. The fourth-order valence-corrected chi connectivity index (χ4v) is 3.49. The number of aromatic nitrogens is 1. The number of aliphatic imine (C=N–C) groups is 1. The standard InChI is InChI=1S/C18H18BrN3/c1-9-6-16-13(7-14(9)19)15(4-5-20-16)21-18-11(3)10(2)12-8-17(12)22-18/h4-7,12,17H,8H2,1-3H3,(H,20,21,22). The highest BCUT2D eigenvalue weighted by Gasteiger charge is 2.42. The number of fused-ring (bicyclic) bond motifs is 2. The lowest BCUT2D eigenvalue weighted by Gasteiger charge is -2.18. The Morgan fingerprint density at radius 3 is 2.86 bits per heavy atom. The first kappa shape index (κ1) is 13.9. The zero-order chi connectivity index (χ0) is 15.4. The fraction of sp³-hybridized carbons (Fsp3) is 0.333. The second kappa shape index (κ2) is 4.92. The molecule has 2 aromatic rings. The first-order valence-corrected chi connectivity index (χ1v) is 8.41. The van der Waals surface area contributed by atoms with Crippen molar-refractivity contribution in [3.63, 3.8) is 0 Å². The lowest BCUT2D eigenvalue weighted by Crippen LogP contribution is -2.19. The number of nitrogens with one attached hydrogen (secondary N) is 1. The Balaban J connectivity index is 1.78. The quantitative estimate of drug-likeness (QED) is 0.793. The van der Waals surface area contributed by atoms with Gasteiger partial charge in [0.2, 0.25) is 0 Å². The molecule has 1 aliphatic heterocycles. The average molecular weight is 356 g/mol. The highest BCUT2D eigenvalue weighted by atomic mass is 79.9. The van der Waals surface area contributed by atoms with Crippen LogP contribution in [0, 0.1) is 12.8 Å². The largest absolute Gasteiger partial charge is 0.340 e. The van der Waals surface area contributed by atoms with Crippen LogP contribution in [-0.4, -0.2) is 16.9 Å². The van der Waals surface area contributed by atoms with E-state index in [4.69, 9.17) is 4.99 Å². The minimum atomic E-state index is 0.494. The Kier molecular flexibility index (Phi) is 3.12. The van der Waals surface area contributed by atoms with Gasteiger partial charge in [0, 0.05) is 22.0 Å². The lowest BCUT2D eigenvalue weighted by molar-refractivity contribution is 0.886. The van der Waals surface area contributed by atoms with Crippen LogP contribution >= 0.6 is 15.9 Å². The molecule has 0 saturated heterocycles. The van der Waals surface area contributed by atoms with Crippen molar-refractivity contribution in [1.82, 2.24) is 4.98 Å². The highest BCUT2D eigenvalue weighted by Crippen LogP contribution is 2.44. The van der Waals surface area contributed by atoms with Crippen LogP contribution < -0.4 is 5.32 Å². The second-order valence-electron chi connectivity index (χ2n) is 6.30. The van der Waals surface area contributed by atoms with Crippen LogP contribution in [0.25, 0.3) is 10.9 Å². The van der Waals surface area contributed by atoms with Crippen LogP contribution in [0.2, 0.25) is 0 Å². The molecule has 1 fully saturated rings. The Morgan fingerprint density at radius 1 is 1.23 bits per heavy atom. The summed E-state index contributed by atoms with van der Waals surface area (Å²) in [5.74, 6) is 1.71. The molecule has 2 unspecified atom stereocenters. The van der Waals surface area contributed by atoms with Crippen LogP contribution in [0.15, 0.2) is 45.0 Å². The van der Waals surface area contributed by atoms with E-state index in [-0.39, 0.29) is 0 Å². The van der Waals surface area contributed by atoms with Gasteiger partial charge in [-0.05, 0) is 56.5 Å². The van der Waals surface area contributed by atoms with E-state index in [9.17, 15) is 0 Å². The summed E-state index contributed by atoms with van der Waals surface area (Å²) in [5.41, 5.74) is 6.04. The van der Waals surface area contributed by atoms with Gasteiger partial charge >= 0.3 is 0 Å². The van der Waals surface area contributed by atoms with Crippen LogP contribution in [-0.2, 0) is 0 Å². The molecule has 1 saturated carbocycles. The van der Waals surface area contributed by atoms with Gasteiger partial charge in [0.25, 0.3) is 0 Å². The molecule has 0 amide bonds. The van der Waals surface area contributed by atoms with Crippen LogP contribution in [0.5, 0.6) is 0 Å². The molecular formula is C18H18BrN3. The highest BCUT2D eigenvalue weighted by molar-refractivity contribution is 9.10. The van der Waals surface area contributed by atoms with Crippen molar-refractivity contribution in [3.05, 3.63) is 45.6 Å². The van der Waals surface area contributed by atoms with Crippen molar-refractivity contribution < 1.29 is 0 Å². The third-order valence-electron chi connectivity index (χ3n) is 4.83. The molecule has 2 heterocycles. The Labute approximate surface area is 138 Å². The summed E-state index contributed by atoms with van der Waals surface area (Å²) in [5, 5.41) is 4.66. The number of rotatable bonds is 1. The predicted octanol–water partition coefficient (Wildman–Crippen LogP) is 4.85. The molecule has 1 aliphatic carbocycles. The maximum absolute atomic E-state index is 4.85. The van der Waals surface area contributed by atoms with Crippen molar-refractivity contribution in [3.8, 4) is 0 Å². The third-order valence-corrected chi connectivity index (χ3v) is 5.68. The number of halogens is 1. The minimum absolute atomic E-state index is 0.494. The van der Waals surface area contributed by atoms with Crippen molar-refractivity contribution in [2.24, 2.45) is 10.9 Å². The number of benzene rings is 1. The van der Waals surface area contributed by atoms with E-state index in [1.807, 2.05) is 12.3 Å². The molecule has 3 nitrogen and oxygen atoms in total. The molecule has 4 rings (SSSR count). The fourth-order valence-electron chi connectivity index (χ4n) is 3.15. The summed E-state index contributed by atoms with van der Waals surface area (Å²) in [6, 6.07) is 6.76. The van der Waals surface area contributed by atoms with E-state index in [2.05, 4.69) is 59.1 Å². The summed E-state index contributed by atoms with van der Waals surface area (Å²) in [6.07, 6.45) is 3.06. The number of hydrogen-bond donors (Lipinski definition) is 1.